The summed E-state index contributed by atoms with van der Waals surface area (Å²) in [5.41, 5.74) is 2.10. The van der Waals surface area contributed by atoms with Crippen LogP contribution in [0.1, 0.15) is 27.9 Å². The molecule has 1 aliphatic heterocycles. The Bertz CT molecular complexity index is 540. The number of hydrogen-bond donors (Lipinski definition) is 2. The lowest BCUT2D eigenvalue weighted by Crippen LogP contribution is -2.43. The third-order valence-corrected chi connectivity index (χ3v) is 3.41. The highest BCUT2D eigenvalue weighted by Crippen LogP contribution is 2.22. The van der Waals surface area contributed by atoms with Crippen LogP contribution >= 0.6 is 0 Å². The van der Waals surface area contributed by atoms with Crippen molar-refractivity contribution >= 4 is 12.0 Å². The fourth-order valence-corrected chi connectivity index (χ4v) is 2.38. The van der Waals surface area contributed by atoms with Gasteiger partial charge in [-0.15, -0.1) is 6.58 Å². The Balaban J connectivity index is 2.08. The van der Waals surface area contributed by atoms with Gasteiger partial charge in [0.2, 0.25) is 0 Å². The van der Waals surface area contributed by atoms with E-state index in [1.165, 1.54) is 0 Å². The average Bonchev–Trinajstić information content (AvgIpc) is 2.46. The lowest BCUT2D eigenvalue weighted by molar-refractivity contribution is 0.0695. The molecule has 0 atom stereocenters. The molecule has 0 saturated carbocycles. The molecular weight excluding hydrogens is 256 g/mol. The van der Waals surface area contributed by atoms with E-state index >= 15 is 0 Å². The first-order chi connectivity index (χ1) is 9.63. The van der Waals surface area contributed by atoms with Crippen LogP contribution in [0, 0.1) is 0 Å². The monoisotopic (exact) mass is 274 g/mol. The van der Waals surface area contributed by atoms with Gasteiger partial charge in [0.1, 0.15) is 0 Å². The van der Waals surface area contributed by atoms with Crippen molar-refractivity contribution in [1.29, 1.82) is 0 Å². The van der Waals surface area contributed by atoms with Gasteiger partial charge >= 0.3 is 12.0 Å². The molecule has 1 aromatic rings. The number of benzene rings is 1. The summed E-state index contributed by atoms with van der Waals surface area (Å²) in [6, 6.07) is 5.10. The quantitative estimate of drug-likeness (QED) is 0.652. The number of hydrogen-bond acceptors (Lipinski definition) is 2. The molecule has 0 fully saturated rings. The number of aromatic carboxylic acids is 1. The van der Waals surface area contributed by atoms with Gasteiger partial charge in [0, 0.05) is 19.6 Å². The van der Waals surface area contributed by atoms with E-state index in [1.54, 1.807) is 23.1 Å². The van der Waals surface area contributed by atoms with E-state index in [9.17, 15) is 9.59 Å². The zero-order valence-corrected chi connectivity index (χ0v) is 11.3. The molecule has 0 spiro atoms. The van der Waals surface area contributed by atoms with Crippen molar-refractivity contribution < 1.29 is 14.7 Å². The molecule has 1 aromatic carbocycles. The van der Waals surface area contributed by atoms with Crippen molar-refractivity contribution in [3.8, 4) is 0 Å². The summed E-state index contributed by atoms with van der Waals surface area (Å²) in [6.45, 7) is 5.17. The number of carbonyl (C=O) groups excluding carboxylic acids is 1. The van der Waals surface area contributed by atoms with Crippen molar-refractivity contribution in [3.05, 3.63) is 47.5 Å². The third-order valence-electron chi connectivity index (χ3n) is 3.41. The van der Waals surface area contributed by atoms with Crippen molar-refractivity contribution in [2.45, 2.75) is 19.4 Å². The van der Waals surface area contributed by atoms with Crippen molar-refractivity contribution in [1.82, 2.24) is 10.2 Å². The largest absolute Gasteiger partial charge is 0.478 e. The Morgan fingerprint density at radius 1 is 1.45 bits per heavy atom. The van der Waals surface area contributed by atoms with E-state index in [-0.39, 0.29) is 6.03 Å². The Morgan fingerprint density at radius 3 is 2.95 bits per heavy atom. The molecule has 20 heavy (non-hydrogen) atoms. The van der Waals surface area contributed by atoms with Crippen LogP contribution in [-0.4, -0.2) is 35.1 Å². The molecule has 0 aliphatic carbocycles. The second-order valence-electron chi connectivity index (χ2n) is 4.73. The second-order valence-corrected chi connectivity index (χ2v) is 4.73. The molecule has 2 N–H and O–H groups in total. The molecule has 0 saturated heterocycles. The van der Waals surface area contributed by atoms with Crippen LogP contribution in [0.3, 0.4) is 0 Å². The van der Waals surface area contributed by atoms with Crippen LogP contribution in [0.25, 0.3) is 0 Å². The third kappa shape index (κ3) is 2.99. The highest BCUT2D eigenvalue weighted by Gasteiger charge is 2.23. The molecule has 2 rings (SSSR count). The molecule has 2 amide bonds. The maximum atomic E-state index is 12.0. The maximum Gasteiger partial charge on any atom is 0.335 e. The van der Waals surface area contributed by atoms with Gasteiger partial charge in [0.15, 0.2) is 0 Å². The molecule has 0 radical (unpaired) electrons. The van der Waals surface area contributed by atoms with Gasteiger partial charge in [-0.1, -0.05) is 18.2 Å². The topological polar surface area (TPSA) is 69.6 Å². The molecule has 1 heterocycles. The summed E-state index contributed by atoms with van der Waals surface area (Å²) in [5.74, 6) is -0.911. The zero-order chi connectivity index (χ0) is 14.5. The minimum Gasteiger partial charge on any atom is -0.478 e. The van der Waals surface area contributed by atoms with Gasteiger partial charge in [0.25, 0.3) is 0 Å². The molecule has 0 bridgehead atoms. The Labute approximate surface area is 117 Å². The number of carbonyl (C=O) groups is 2. The van der Waals surface area contributed by atoms with Crippen LogP contribution in [0.4, 0.5) is 4.79 Å². The number of amides is 2. The predicted molar refractivity (Wildman–Crippen MR) is 75.7 cm³/mol. The molecule has 5 heteroatoms. The molecule has 0 aromatic heterocycles. The van der Waals surface area contributed by atoms with E-state index < -0.39 is 5.97 Å². The van der Waals surface area contributed by atoms with Crippen LogP contribution < -0.4 is 5.32 Å². The van der Waals surface area contributed by atoms with E-state index in [1.807, 2.05) is 6.07 Å². The molecule has 5 nitrogen and oxygen atoms in total. The van der Waals surface area contributed by atoms with Gasteiger partial charge in [-0.2, -0.15) is 0 Å². The van der Waals surface area contributed by atoms with E-state index in [4.69, 9.17) is 5.11 Å². The number of nitrogens with one attached hydrogen (secondary N) is 1. The lowest BCUT2D eigenvalue weighted by Gasteiger charge is -2.29. The second kappa shape index (κ2) is 6.23. The first kappa shape index (κ1) is 14.1. The minimum atomic E-state index is -0.911. The number of carboxylic acid groups (broad SMARTS) is 1. The SMILES string of the molecule is C=CCCNC(=O)N1CCc2c(cccc2C(=O)O)C1. The van der Waals surface area contributed by atoms with Crippen LogP contribution in [0.5, 0.6) is 0 Å². The summed E-state index contributed by atoms with van der Waals surface area (Å²) >= 11 is 0. The first-order valence-electron chi connectivity index (χ1n) is 6.61. The highest BCUT2D eigenvalue weighted by atomic mass is 16.4. The molecule has 1 aliphatic rings. The number of carboxylic acids is 1. The van der Waals surface area contributed by atoms with Crippen molar-refractivity contribution in [2.75, 3.05) is 13.1 Å². The normalized spacial score (nSPS) is 13.5. The van der Waals surface area contributed by atoms with Gasteiger partial charge < -0.3 is 15.3 Å². The Morgan fingerprint density at radius 2 is 2.25 bits per heavy atom. The zero-order valence-electron chi connectivity index (χ0n) is 11.3. The number of fused-ring (bicyclic) bond motifs is 1. The summed E-state index contributed by atoms with van der Waals surface area (Å²) in [6.07, 6.45) is 3.07. The average molecular weight is 274 g/mol. The minimum absolute atomic E-state index is 0.113. The number of rotatable bonds is 4. The van der Waals surface area contributed by atoms with Gasteiger partial charge in [0.05, 0.1) is 5.56 Å². The van der Waals surface area contributed by atoms with Crippen molar-refractivity contribution in [2.24, 2.45) is 0 Å². The van der Waals surface area contributed by atoms with E-state index in [0.29, 0.717) is 31.6 Å². The van der Waals surface area contributed by atoms with Crippen LogP contribution in [-0.2, 0) is 13.0 Å². The predicted octanol–water partition coefficient (Wildman–Crippen LogP) is 2.03. The highest BCUT2D eigenvalue weighted by molar-refractivity contribution is 5.90. The summed E-state index contributed by atoms with van der Waals surface area (Å²) in [7, 11) is 0. The molecule has 0 unspecified atom stereocenters. The summed E-state index contributed by atoms with van der Waals surface area (Å²) < 4.78 is 0. The van der Waals surface area contributed by atoms with E-state index in [0.717, 1.165) is 17.5 Å². The summed E-state index contributed by atoms with van der Waals surface area (Å²) in [5, 5.41) is 12.0. The van der Waals surface area contributed by atoms with Gasteiger partial charge in [-0.25, -0.2) is 9.59 Å². The molecule has 106 valence electrons. The van der Waals surface area contributed by atoms with E-state index in [2.05, 4.69) is 11.9 Å². The van der Waals surface area contributed by atoms with Gasteiger partial charge in [-0.05, 0) is 30.0 Å². The first-order valence-corrected chi connectivity index (χ1v) is 6.61. The van der Waals surface area contributed by atoms with Crippen LogP contribution in [0.2, 0.25) is 0 Å². The van der Waals surface area contributed by atoms with Gasteiger partial charge in [-0.3, -0.25) is 0 Å². The Hall–Kier alpha value is -2.30. The smallest absolute Gasteiger partial charge is 0.335 e. The number of nitrogens with zero attached hydrogens (tertiary/aromatic N) is 1. The van der Waals surface area contributed by atoms with Crippen LogP contribution in [0.15, 0.2) is 30.9 Å². The fourth-order valence-electron chi connectivity index (χ4n) is 2.38. The fraction of sp³-hybridized carbons (Fsp3) is 0.333. The number of urea groups is 1. The lowest BCUT2D eigenvalue weighted by atomic mass is 9.95. The maximum absolute atomic E-state index is 12.0. The molecular formula is C15H18N2O3. The summed E-state index contributed by atoms with van der Waals surface area (Å²) in [4.78, 5) is 24.8. The van der Waals surface area contributed by atoms with Crippen molar-refractivity contribution in [3.63, 3.8) is 0 Å². The Kier molecular flexibility index (Phi) is 4.40. The standard InChI is InChI=1S/C15H18N2O3/c1-2-3-8-16-15(20)17-9-7-12-11(10-17)5-4-6-13(12)14(18)19/h2,4-6H,1,3,7-10H2,(H,16,20)(H,18,19).